The number of hydrogen-bond donors (Lipinski definition) is 2. The topological polar surface area (TPSA) is 70.7 Å². The van der Waals surface area contributed by atoms with E-state index in [-0.39, 0.29) is 24.9 Å². The van der Waals surface area contributed by atoms with E-state index in [2.05, 4.69) is 10.6 Å². The van der Waals surface area contributed by atoms with Gasteiger partial charge >= 0.3 is 0 Å². The van der Waals surface area contributed by atoms with Crippen LogP contribution in [0.15, 0.2) is 24.3 Å². The van der Waals surface area contributed by atoms with Gasteiger partial charge in [0.05, 0.1) is 17.9 Å². The van der Waals surface area contributed by atoms with Gasteiger partial charge in [0.15, 0.2) is 0 Å². The first-order chi connectivity index (χ1) is 9.72. The molecule has 1 aromatic carbocycles. The SMILES string of the molecule is COCCCNC(=O)CN1C(=O)CNc2ccccc21. The number of nitrogens with one attached hydrogen (secondary N) is 2. The lowest BCUT2D eigenvalue weighted by atomic mass is 10.2. The molecule has 2 amide bonds. The summed E-state index contributed by atoms with van der Waals surface area (Å²) in [5.41, 5.74) is 1.62. The Kier molecular flexibility index (Phi) is 4.95. The van der Waals surface area contributed by atoms with E-state index in [9.17, 15) is 9.59 Å². The predicted molar refractivity (Wildman–Crippen MR) is 76.8 cm³/mol. The van der Waals surface area contributed by atoms with Crippen LogP contribution in [0.5, 0.6) is 0 Å². The Balaban J connectivity index is 1.94. The molecule has 0 aliphatic carbocycles. The molecule has 0 unspecified atom stereocenters. The van der Waals surface area contributed by atoms with Crippen molar-refractivity contribution < 1.29 is 14.3 Å². The average Bonchev–Trinajstić information content (AvgIpc) is 2.47. The molecule has 0 bridgehead atoms. The third-order valence-corrected chi connectivity index (χ3v) is 3.08. The van der Waals surface area contributed by atoms with E-state index in [1.807, 2.05) is 24.3 Å². The van der Waals surface area contributed by atoms with Crippen molar-refractivity contribution in [3.8, 4) is 0 Å². The Labute approximate surface area is 118 Å². The van der Waals surface area contributed by atoms with Crippen molar-refractivity contribution in [3.63, 3.8) is 0 Å². The number of ether oxygens (including phenoxy) is 1. The highest BCUT2D eigenvalue weighted by molar-refractivity contribution is 6.05. The fraction of sp³-hybridized carbons (Fsp3) is 0.429. The monoisotopic (exact) mass is 277 g/mol. The Morgan fingerprint density at radius 2 is 2.25 bits per heavy atom. The summed E-state index contributed by atoms with van der Waals surface area (Å²) >= 11 is 0. The third kappa shape index (κ3) is 3.48. The van der Waals surface area contributed by atoms with Crippen molar-refractivity contribution in [1.29, 1.82) is 0 Å². The third-order valence-electron chi connectivity index (χ3n) is 3.08. The second-order valence-corrected chi connectivity index (χ2v) is 4.55. The zero-order chi connectivity index (χ0) is 14.4. The minimum Gasteiger partial charge on any atom is -0.385 e. The van der Waals surface area contributed by atoms with Gasteiger partial charge in [-0.1, -0.05) is 12.1 Å². The maximum Gasteiger partial charge on any atom is 0.246 e. The highest BCUT2D eigenvalue weighted by Gasteiger charge is 2.25. The summed E-state index contributed by atoms with van der Waals surface area (Å²) in [5, 5.41) is 5.82. The first-order valence-corrected chi connectivity index (χ1v) is 6.61. The Bertz CT molecular complexity index is 490. The van der Waals surface area contributed by atoms with Crippen LogP contribution in [0.25, 0.3) is 0 Å². The van der Waals surface area contributed by atoms with Crippen molar-refractivity contribution in [2.24, 2.45) is 0 Å². The van der Waals surface area contributed by atoms with E-state index in [0.29, 0.717) is 13.2 Å². The van der Waals surface area contributed by atoms with Crippen molar-refractivity contribution >= 4 is 23.2 Å². The van der Waals surface area contributed by atoms with E-state index in [1.54, 1.807) is 7.11 Å². The Morgan fingerprint density at radius 3 is 3.05 bits per heavy atom. The van der Waals surface area contributed by atoms with Crippen LogP contribution < -0.4 is 15.5 Å². The number of hydrogen-bond acceptors (Lipinski definition) is 4. The maximum atomic E-state index is 11.9. The first-order valence-electron chi connectivity index (χ1n) is 6.61. The molecule has 0 radical (unpaired) electrons. The number of nitrogens with zero attached hydrogens (tertiary/aromatic N) is 1. The normalized spacial score (nSPS) is 13.7. The lowest BCUT2D eigenvalue weighted by Gasteiger charge is -2.29. The van der Waals surface area contributed by atoms with Gasteiger partial charge in [0.2, 0.25) is 11.8 Å². The summed E-state index contributed by atoms with van der Waals surface area (Å²) in [6.07, 6.45) is 0.758. The number of amides is 2. The molecule has 2 N–H and O–H groups in total. The summed E-state index contributed by atoms with van der Waals surface area (Å²) in [6, 6.07) is 7.47. The van der Waals surface area contributed by atoms with Crippen LogP contribution in [0.3, 0.4) is 0 Å². The van der Waals surface area contributed by atoms with Crippen LogP contribution in [0.1, 0.15) is 6.42 Å². The molecule has 0 saturated heterocycles. The van der Waals surface area contributed by atoms with Crippen molar-refractivity contribution in [1.82, 2.24) is 5.32 Å². The molecule has 0 atom stereocenters. The molecule has 1 aliphatic heterocycles. The van der Waals surface area contributed by atoms with E-state index in [4.69, 9.17) is 4.74 Å². The number of methoxy groups -OCH3 is 1. The molecule has 6 nitrogen and oxygen atoms in total. The van der Waals surface area contributed by atoms with E-state index in [0.717, 1.165) is 17.8 Å². The van der Waals surface area contributed by atoms with Crippen molar-refractivity contribution in [3.05, 3.63) is 24.3 Å². The second-order valence-electron chi connectivity index (χ2n) is 4.55. The summed E-state index contributed by atoms with van der Waals surface area (Å²) in [4.78, 5) is 25.3. The van der Waals surface area contributed by atoms with Gasteiger partial charge in [-0.2, -0.15) is 0 Å². The first kappa shape index (κ1) is 14.3. The number of fused-ring (bicyclic) bond motifs is 1. The van der Waals surface area contributed by atoms with Crippen LogP contribution >= 0.6 is 0 Å². The van der Waals surface area contributed by atoms with Gasteiger partial charge in [0.1, 0.15) is 6.54 Å². The smallest absolute Gasteiger partial charge is 0.246 e. The van der Waals surface area contributed by atoms with Gasteiger partial charge in [0.25, 0.3) is 0 Å². The largest absolute Gasteiger partial charge is 0.385 e. The minimum absolute atomic E-state index is 0.0461. The lowest BCUT2D eigenvalue weighted by molar-refractivity contribution is -0.123. The zero-order valence-electron chi connectivity index (χ0n) is 11.5. The summed E-state index contributed by atoms with van der Waals surface area (Å²) in [6.45, 7) is 1.42. The molecule has 108 valence electrons. The molecule has 20 heavy (non-hydrogen) atoms. The minimum atomic E-state index is -0.161. The summed E-state index contributed by atoms with van der Waals surface area (Å²) in [7, 11) is 1.62. The van der Waals surface area contributed by atoms with Crippen LogP contribution in [0.4, 0.5) is 11.4 Å². The highest BCUT2D eigenvalue weighted by atomic mass is 16.5. The molecule has 0 spiro atoms. The van der Waals surface area contributed by atoms with Crippen LogP contribution in [-0.4, -0.2) is 45.2 Å². The van der Waals surface area contributed by atoms with Gasteiger partial charge in [-0.25, -0.2) is 0 Å². The van der Waals surface area contributed by atoms with Crippen LogP contribution in [0.2, 0.25) is 0 Å². The molecule has 1 aromatic rings. The second kappa shape index (κ2) is 6.91. The Morgan fingerprint density at radius 1 is 1.45 bits per heavy atom. The molecule has 0 fully saturated rings. The predicted octanol–water partition coefficient (Wildman–Crippen LogP) is 0.598. The molecule has 1 heterocycles. The number of anilines is 2. The molecule has 2 rings (SSSR count). The number of carbonyl (C=O) groups excluding carboxylic acids is 2. The van der Waals surface area contributed by atoms with Gasteiger partial charge in [-0.15, -0.1) is 0 Å². The fourth-order valence-corrected chi connectivity index (χ4v) is 2.08. The molecule has 0 saturated carbocycles. The highest BCUT2D eigenvalue weighted by Crippen LogP contribution is 2.28. The molecule has 6 heteroatoms. The van der Waals surface area contributed by atoms with Crippen molar-refractivity contribution in [2.75, 3.05) is 43.6 Å². The molecule has 0 aromatic heterocycles. The fourth-order valence-electron chi connectivity index (χ4n) is 2.08. The van der Waals surface area contributed by atoms with Gasteiger partial charge in [-0.3, -0.25) is 14.5 Å². The van der Waals surface area contributed by atoms with Crippen LogP contribution in [-0.2, 0) is 14.3 Å². The number of para-hydroxylation sites is 2. The van der Waals surface area contributed by atoms with Crippen molar-refractivity contribution in [2.45, 2.75) is 6.42 Å². The van der Waals surface area contributed by atoms with E-state index in [1.165, 1.54) is 4.90 Å². The quantitative estimate of drug-likeness (QED) is 0.747. The molecular formula is C14H19N3O3. The van der Waals surface area contributed by atoms with Gasteiger partial charge in [0, 0.05) is 20.3 Å². The molecule has 1 aliphatic rings. The standard InChI is InChI=1S/C14H19N3O3/c1-20-8-4-7-15-13(18)10-17-12-6-3-2-5-11(12)16-9-14(17)19/h2-3,5-6,16H,4,7-10H2,1H3,(H,15,18). The molecular weight excluding hydrogens is 258 g/mol. The lowest BCUT2D eigenvalue weighted by Crippen LogP contribution is -2.46. The zero-order valence-corrected chi connectivity index (χ0v) is 11.5. The van der Waals surface area contributed by atoms with E-state index >= 15 is 0 Å². The number of benzene rings is 1. The summed E-state index contributed by atoms with van der Waals surface area (Å²) < 4.78 is 4.91. The maximum absolute atomic E-state index is 11.9. The van der Waals surface area contributed by atoms with E-state index < -0.39 is 0 Å². The Hall–Kier alpha value is -2.08. The number of carbonyl (C=O) groups is 2. The average molecular weight is 277 g/mol. The van der Waals surface area contributed by atoms with Gasteiger partial charge in [-0.05, 0) is 18.6 Å². The van der Waals surface area contributed by atoms with Crippen LogP contribution in [0, 0.1) is 0 Å². The number of rotatable bonds is 6. The van der Waals surface area contributed by atoms with Gasteiger partial charge < -0.3 is 15.4 Å². The summed E-state index contributed by atoms with van der Waals surface area (Å²) in [5.74, 6) is -0.262.